The summed E-state index contributed by atoms with van der Waals surface area (Å²) in [5.41, 5.74) is 2.54. The summed E-state index contributed by atoms with van der Waals surface area (Å²) in [5.74, 6) is 0.583. The molecule has 6 heteroatoms. The molecule has 0 bridgehead atoms. The van der Waals surface area contributed by atoms with E-state index in [1.165, 1.54) is 4.68 Å². The summed E-state index contributed by atoms with van der Waals surface area (Å²) < 4.78 is 3.08. The van der Waals surface area contributed by atoms with E-state index in [1.54, 1.807) is 35.7 Å². The minimum absolute atomic E-state index is 0.159. The second kappa shape index (κ2) is 4.24. The molecule has 3 aromatic heterocycles. The van der Waals surface area contributed by atoms with Crippen molar-refractivity contribution in [2.75, 3.05) is 0 Å². The van der Waals surface area contributed by atoms with Crippen molar-refractivity contribution in [3.63, 3.8) is 0 Å². The van der Waals surface area contributed by atoms with Crippen LogP contribution in [0, 0.1) is 13.8 Å². The van der Waals surface area contributed by atoms with Gasteiger partial charge in [0.05, 0.1) is 6.33 Å². The summed E-state index contributed by atoms with van der Waals surface area (Å²) in [6.07, 6.45) is 8.34. The van der Waals surface area contributed by atoms with Crippen molar-refractivity contribution in [2.45, 2.75) is 13.8 Å². The SMILES string of the molecule is Cc1cnc(-n2[nH]cc(-n3ccnc3)c2=O)cc1C. The Morgan fingerprint density at radius 2 is 2.11 bits per heavy atom. The number of H-pyrrole nitrogens is 1. The van der Waals surface area contributed by atoms with E-state index < -0.39 is 0 Å². The molecular formula is C13H13N5O. The van der Waals surface area contributed by atoms with Crippen molar-refractivity contribution in [1.29, 1.82) is 0 Å². The third kappa shape index (κ3) is 1.87. The van der Waals surface area contributed by atoms with Crippen LogP contribution in [0.5, 0.6) is 0 Å². The molecule has 0 aromatic carbocycles. The number of imidazole rings is 1. The molecule has 6 nitrogen and oxygen atoms in total. The highest BCUT2D eigenvalue weighted by Crippen LogP contribution is 2.09. The van der Waals surface area contributed by atoms with Crippen LogP contribution in [0.2, 0.25) is 0 Å². The Morgan fingerprint density at radius 1 is 1.26 bits per heavy atom. The molecule has 1 N–H and O–H groups in total. The molecule has 96 valence electrons. The van der Waals surface area contributed by atoms with Gasteiger partial charge in [-0.2, -0.15) is 4.68 Å². The fourth-order valence-corrected chi connectivity index (χ4v) is 1.85. The van der Waals surface area contributed by atoms with Crippen molar-refractivity contribution in [1.82, 2.24) is 24.3 Å². The second-order valence-electron chi connectivity index (χ2n) is 4.40. The van der Waals surface area contributed by atoms with Crippen LogP contribution in [0.1, 0.15) is 11.1 Å². The van der Waals surface area contributed by atoms with E-state index in [9.17, 15) is 4.79 Å². The van der Waals surface area contributed by atoms with Gasteiger partial charge < -0.3 is 0 Å². The van der Waals surface area contributed by atoms with Gasteiger partial charge in [0, 0.05) is 24.8 Å². The second-order valence-corrected chi connectivity index (χ2v) is 4.40. The van der Waals surface area contributed by atoms with Crippen molar-refractivity contribution < 1.29 is 0 Å². The summed E-state index contributed by atoms with van der Waals surface area (Å²) in [5, 5.41) is 2.92. The van der Waals surface area contributed by atoms with E-state index in [4.69, 9.17) is 0 Å². The van der Waals surface area contributed by atoms with Gasteiger partial charge in [-0.05, 0) is 31.0 Å². The lowest BCUT2D eigenvalue weighted by atomic mass is 10.2. The predicted molar refractivity (Wildman–Crippen MR) is 70.8 cm³/mol. The summed E-state index contributed by atoms with van der Waals surface area (Å²) in [6, 6.07) is 1.88. The van der Waals surface area contributed by atoms with Gasteiger partial charge in [0.1, 0.15) is 5.69 Å². The first-order chi connectivity index (χ1) is 9.16. The molecule has 0 aliphatic heterocycles. The van der Waals surface area contributed by atoms with Crippen LogP contribution >= 0.6 is 0 Å². The van der Waals surface area contributed by atoms with E-state index in [1.807, 2.05) is 19.9 Å². The highest BCUT2D eigenvalue weighted by molar-refractivity contribution is 5.34. The van der Waals surface area contributed by atoms with Crippen molar-refractivity contribution in [3.8, 4) is 11.5 Å². The van der Waals surface area contributed by atoms with Gasteiger partial charge in [-0.25, -0.2) is 9.97 Å². The van der Waals surface area contributed by atoms with Gasteiger partial charge in [-0.1, -0.05) is 0 Å². The van der Waals surface area contributed by atoms with E-state index in [0.29, 0.717) is 11.5 Å². The first-order valence-corrected chi connectivity index (χ1v) is 5.89. The summed E-state index contributed by atoms with van der Waals surface area (Å²) in [6.45, 7) is 3.98. The number of aromatic nitrogens is 5. The maximum absolute atomic E-state index is 12.3. The first kappa shape index (κ1) is 11.5. The minimum Gasteiger partial charge on any atom is -0.300 e. The molecule has 0 amide bonds. The zero-order valence-electron chi connectivity index (χ0n) is 10.7. The molecule has 3 aromatic rings. The molecule has 19 heavy (non-hydrogen) atoms. The van der Waals surface area contributed by atoms with Gasteiger partial charge in [0.25, 0.3) is 5.56 Å². The molecule has 0 atom stereocenters. The van der Waals surface area contributed by atoms with Crippen LogP contribution in [-0.4, -0.2) is 24.3 Å². The summed E-state index contributed by atoms with van der Waals surface area (Å²) >= 11 is 0. The number of hydrogen-bond acceptors (Lipinski definition) is 3. The average molecular weight is 255 g/mol. The van der Waals surface area contributed by atoms with Crippen molar-refractivity contribution >= 4 is 0 Å². The molecule has 0 spiro atoms. The zero-order valence-corrected chi connectivity index (χ0v) is 10.7. The van der Waals surface area contributed by atoms with E-state index >= 15 is 0 Å². The van der Waals surface area contributed by atoms with Crippen molar-refractivity contribution in [3.05, 3.63) is 58.7 Å². The Balaban J connectivity index is 2.12. The summed E-state index contributed by atoms with van der Waals surface area (Å²) in [4.78, 5) is 20.5. The number of hydrogen-bond donors (Lipinski definition) is 1. The van der Waals surface area contributed by atoms with E-state index in [-0.39, 0.29) is 5.56 Å². The Labute approximate surface area is 109 Å². The van der Waals surface area contributed by atoms with Gasteiger partial charge in [0.15, 0.2) is 5.82 Å². The summed E-state index contributed by atoms with van der Waals surface area (Å²) in [7, 11) is 0. The van der Waals surface area contributed by atoms with Crippen LogP contribution in [0.3, 0.4) is 0 Å². The highest BCUT2D eigenvalue weighted by Gasteiger charge is 2.10. The smallest absolute Gasteiger partial charge is 0.296 e. The molecule has 0 saturated heterocycles. The lowest BCUT2D eigenvalue weighted by Crippen LogP contribution is -2.19. The van der Waals surface area contributed by atoms with Crippen LogP contribution in [-0.2, 0) is 0 Å². The third-order valence-corrected chi connectivity index (χ3v) is 3.12. The van der Waals surface area contributed by atoms with Gasteiger partial charge in [-0.15, -0.1) is 0 Å². The minimum atomic E-state index is -0.159. The Morgan fingerprint density at radius 3 is 2.79 bits per heavy atom. The molecule has 0 saturated carbocycles. The number of aromatic amines is 1. The van der Waals surface area contributed by atoms with Crippen LogP contribution in [0.4, 0.5) is 0 Å². The fraction of sp³-hybridized carbons (Fsp3) is 0.154. The topological polar surface area (TPSA) is 68.5 Å². The van der Waals surface area contributed by atoms with Gasteiger partial charge >= 0.3 is 0 Å². The number of nitrogens with zero attached hydrogens (tertiary/aromatic N) is 4. The van der Waals surface area contributed by atoms with Gasteiger partial charge in [0.2, 0.25) is 0 Å². The lowest BCUT2D eigenvalue weighted by Gasteiger charge is -2.03. The van der Waals surface area contributed by atoms with E-state index in [2.05, 4.69) is 15.1 Å². The number of pyridine rings is 1. The first-order valence-electron chi connectivity index (χ1n) is 5.89. The normalized spacial score (nSPS) is 10.8. The Bertz CT molecular complexity index is 767. The molecular weight excluding hydrogens is 242 g/mol. The third-order valence-electron chi connectivity index (χ3n) is 3.12. The van der Waals surface area contributed by atoms with E-state index in [0.717, 1.165) is 11.1 Å². The lowest BCUT2D eigenvalue weighted by molar-refractivity contribution is 0.813. The standard InChI is InChI=1S/C13H13N5O/c1-9-5-12(15-6-10(9)2)18-13(19)11(7-16-18)17-4-3-14-8-17/h3-8,16H,1-2H3. The zero-order chi connectivity index (χ0) is 13.4. The average Bonchev–Trinajstić information content (AvgIpc) is 3.02. The molecule has 0 aliphatic rings. The van der Waals surface area contributed by atoms with Gasteiger partial charge in [-0.3, -0.25) is 14.5 Å². The maximum atomic E-state index is 12.3. The monoisotopic (exact) mass is 255 g/mol. The highest BCUT2D eigenvalue weighted by atomic mass is 16.1. The molecule has 0 radical (unpaired) electrons. The molecule has 3 rings (SSSR count). The molecule has 0 unspecified atom stereocenters. The fourth-order valence-electron chi connectivity index (χ4n) is 1.85. The number of nitrogens with one attached hydrogen (secondary N) is 1. The quantitative estimate of drug-likeness (QED) is 0.751. The van der Waals surface area contributed by atoms with Crippen LogP contribution < -0.4 is 5.56 Å². The molecule has 0 aliphatic carbocycles. The molecule has 0 fully saturated rings. The van der Waals surface area contributed by atoms with Crippen LogP contribution in [0.15, 0.2) is 42.0 Å². The largest absolute Gasteiger partial charge is 0.300 e. The molecule has 3 heterocycles. The number of rotatable bonds is 2. The van der Waals surface area contributed by atoms with Crippen molar-refractivity contribution in [2.24, 2.45) is 0 Å². The predicted octanol–water partition coefficient (Wildman–Crippen LogP) is 1.36. The Hall–Kier alpha value is -2.63. The van der Waals surface area contributed by atoms with Crippen LogP contribution in [0.25, 0.3) is 11.5 Å². The Kier molecular flexibility index (Phi) is 2.56. The number of aryl methyl sites for hydroxylation is 2. The maximum Gasteiger partial charge on any atom is 0.296 e.